The van der Waals surface area contributed by atoms with E-state index < -0.39 is 0 Å². The van der Waals surface area contributed by atoms with E-state index in [-0.39, 0.29) is 18.0 Å². The number of hydrogen-bond donors (Lipinski definition) is 0. The number of nitrogens with zero attached hydrogens (tertiary/aromatic N) is 6. The van der Waals surface area contributed by atoms with Gasteiger partial charge in [-0.1, -0.05) is 11.2 Å². The molecule has 2 fully saturated rings. The number of halogens is 1. The van der Waals surface area contributed by atoms with E-state index in [4.69, 9.17) is 14.2 Å². The molecule has 1 aliphatic heterocycles. The zero-order valence-electron chi connectivity index (χ0n) is 16.7. The molecule has 0 amide bonds. The van der Waals surface area contributed by atoms with Crippen LogP contribution in [0, 0.1) is 5.82 Å². The molecule has 0 spiro atoms. The molecule has 6 rings (SSSR count). The molecule has 9 heteroatoms. The van der Waals surface area contributed by atoms with E-state index in [1.165, 1.54) is 6.07 Å². The molecule has 1 saturated carbocycles. The third kappa shape index (κ3) is 2.68. The minimum absolute atomic E-state index is 0.0301. The molecule has 0 radical (unpaired) electrons. The fraction of sp³-hybridized carbons (Fsp3) is 0.429. The average Bonchev–Trinajstić information content (AvgIpc) is 3.31. The van der Waals surface area contributed by atoms with E-state index in [0.29, 0.717) is 58.8 Å². The summed E-state index contributed by atoms with van der Waals surface area (Å²) >= 11 is 0. The summed E-state index contributed by atoms with van der Waals surface area (Å²) in [6.45, 7) is 5.26. The summed E-state index contributed by atoms with van der Waals surface area (Å²) in [6, 6.07) is 5.10. The molecule has 4 heterocycles. The SMILES string of the molecule is C[C@@H]1CO[C@@H](C)CN1c1nc2c(-c3nc(C4CC4)no3)ncn2c2cccc(F)c12. The fourth-order valence-electron chi connectivity index (χ4n) is 4.11. The van der Waals surface area contributed by atoms with Gasteiger partial charge in [0.2, 0.25) is 0 Å². The summed E-state index contributed by atoms with van der Waals surface area (Å²) in [5.74, 6) is 1.71. The largest absolute Gasteiger partial charge is 0.375 e. The van der Waals surface area contributed by atoms with Gasteiger partial charge in [-0.2, -0.15) is 4.98 Å². The highest BCUT2D eigenvalue weighted by molar-refractivity contribution is 5.94. The zero-order chi connectivity index (χ0) is 20.4. The first kappa shape index (κ1) is 17.8. The van der Waals surface area contributed by atoms with Gasteiger partial charge in [-0.3, -0.25) is 4.40 Å². The lowest BCUT2D eigenvalue weighted by Crippen LogP contribution is -2.48. The first-order chi connectivity index (χ1) is 14.6. The van der Waals surface area contributed by atoms with Crippen molar-refractivity contribution in [3.05, 3.63) is 36.2 Å². The predicted molar refractivity (Wildman–Crippen MR) is 108 cm³/mol. The van der Waals surface area contributed by atoms with Crippen molar-refractivity contribution in [2.45, 2.75) is 44.8 Å². The van der Waals surface area contributed by atoms with Crippen LogP contribution in [0.3, 0.4) is 0 Å². The number of anilines is 1. The molecule has 1 aliphatic carbocycles. The molecule has 0 unspecified atom stereocenters. The van der Waals surface area contributed by atoms with Crippen LogP contribution in [0.2, 0.25) is 0 Å². The normalized spacial score (nSPS) is 22.3. The summed E-state index contributed by atoms with van der Waals surface area (Å²) in [6.07, 6.45) is 3.84. The molecule has 1 saturated heterocycles. The van der Waals surface area contributed by atoms with Crippen molar-refractivity contribution < 1.29 is 13.7 Å². The first-order valence-corrected chi connectivity index (χ1v) is 10.3. The average molecular weight is 408 g/mol. The van der Waals surface area contributed by atoms with Gasteiger partial charge in [-0.15, -0.1) is 0 Å². The lowest BCUT2D eigenvalue weighted by atomic mass is 10.1. The molecular weight excluding hydrogens is 387 g/mol. The smallest absolute Gasteiger partial charge is 0.280 e. The third-order valence-electron chi connectivity index (χ3n) is 5.90. The first-order valence-electron chi connectivity index (χ1n) is 10.3. The van der Waals surface area contributed by atoms with E-state index in [0.717, 1.165) is 12.8 Å². The van der Waals surface area contributed by atoms with E-state index in [9.17, 15) is 0 Å². The quantitative estimate of drug-likeness (QED) is 0.513. The topological polar surface area (TPSA) is 81.6 Å². The summed E-state index contributed by atoms with van der Waals surface area (Å²) in [4.78, 5) is 16.0. The Balaban J connectivity index is 1.59. The van der Waals surface area contributed by atoms with Gasteiger partial charge in [0.15, 0.2) is 17.2 Å². The second kappa shape index (κ2) is 6.46. The molecule has 0 bridgehead atoms. The molecule has 0 N–H and O–H groups in total. The van der Waals surface area contributed by atoms with Crippen LogP contribution in [0.1, 0.15) is 38.4 Å². The van der Waals surface area contributed by atoms with Crippen molar-refractivity contribution in [1.82, 2.24) is 24.5 Å². The number of morpholine rings is 1. The van der Waals surface area contributed by atoms with Crippen LogP contribution < -0.4 is 4.90 Å². The fourth-order valence-corrected chi connectivity index (χ4v) is 4.11. The van der Waals surface area contributed by atoms with Gasteiger partial charge >= 0.3 is 0 Å². The molecule has 8 nitrogen and oxygen atoms in total. The van der Waals surface area contributed by atoms with Gasteiger partial charge in [0.25, 0.3) is 5.89 Å². The molecule has 4 aromatic rings. The highest BCUT2D eigenvalue weighted by Crippen LogP contribution is 2.39. The van der Waals surface area contributed by atoms with E-state index >= 15 is 4.39 Å². The van der Waals surface area contributed by atoms with Gasteiger partial charge in [0, 0.05) is 12.5 Å². The molecule has 1 aromatic carbocycles. The summed E-state index contributed by atoms with van der Waals surface area (Å²) < 4.78 is 28.1. The summed E-state index contributed by atoms with van der Waals surface area (Å²) in [7, 11) is 0. The van der Waals surface area contributed by atoms with E-state index in [1.54, 1.807) is 16.8 Å². The number of fused-ring (bicyclic) bond motifs is 3. The van der Waals surface area contributed by atoms with Crippen LogP contribution >= 0.6 is 0 Å². The van der Waals surface area contributed by atoms with Gasteiger partial charge in [-0.25, -0.2) is 14.4 Å². The van der Waals surface area contributed by atoms with Gasteiger partial charge < -0.3 is 14.2 Å². The van der Waals surface area contributed by atoms with Crippen LogP contribution in [-0.4, -0.2) is 49.8 Å². The molecule has 2 aliphatic rings. The van der Waals surface area contributed by atoms with Crippen molar-refractivity contribution in [3.8, 4) is 11.6 Å². The Morgan fingerprint density at radius 2 is 2.03 bits per heavy atom. The molecule has 154 valence electrons. The summed E-state index contributed by atoms with van der Waals surface area (Å²) in [5.41, 5.74) is 1.78. The van der Waals surface area contributed by atoms with Crippen molar-refractivity contribution in [2.75, 3.05) is 18.1 Å². The van der Waals surface area contributed by atoms with Crippen LogP contribution in [0.4, 0.5) is 10.2 Å². The Morgan fingerprint density at radius 1 is 1.17 bits per heavy atom. The molecule has 3 aromatic heterocycles. The maximum Gasteiger partial charge on any atom is 0.280 e. The van der Waals surface area contributed by atoms with Crippen LogP contribution in [0.5, 0.6) is 0 Å². The second-order valence-electron chi connectivity index (χ2n) is 8.23. The van der Waals surface area contributed by atoms with Crippen LogP contribution in [0.15, 0.2) is 29.0 Å². The predicted octanol–water partition coefficient (Wildman–Crippen LogP) is 3.56. The number of benzene rings is 1. The van der Waals surface area contributed by atoms with Gasteiger partial charge in [0.1, 0.15) is 18.0 Å². The molecule has 30 heavy (non-hydrogen) atoms. The Bertz CT molecular complexity index is 1260. The Labute approximate surface area is 171 Å². The van der Waals surface area contributed by atoms with Crippen molar-refractivity contribution in [1.29, 1.82) is 0 Å². The van der Waals surface area contributed by atoms with E-state index in [1.807, 2.05) is 13.0 Å². The lowest BCUT2D eigenvalue weighted by Gasteiger charge is -2.38. The summed E-state index contributed by atoms with van der Waals surface area (Å²) in [5, 5.41) is 4.57. The second-order valence-corrected chi connectivity index (χ2v) is 8.23. The monoisotopic (exact) mass is 408 g/mol. The van der Waals surface area contributed by atoms with Gasteiger partial charge in [-0.05, 0) is 38.8 Å². The van der Waals surface area contributed by atoms with Gasteiger partial charge in [0.05, 0.1) is 29.7 Å². The maximum atomic E-state index is 15.0. The minimum Gasteiger partial charge on any atom is -0.375 e. The van der Waals surface area contributed by atoms with Crippen molar-refractivity contribution in [2.24, 2.45) is 0 Å². The maximum absolute atomic E-state index is 15.0. The zero-order valence-corrected chi connectivity index (χ0v) is 16.7. The van der Waals surface area contributed by atoms with Crippen molar-refractivity contribution >= 4 is 22.4 Å². The van der Waals surface area contributed by atoms with Crippen LogP contribution in [0.25, 0.3) is 28.1 Å². The number of aromatic nitrogens is 5. The number of hydrogen-bond acceptors (Lipinski definition) is 7. The van der Waals surface area contributed by atoms with Crippen molar-refractivity contribution in [3.63, 3.8) is 0 Å². The Kier molecular flexibility index (Phi) is 3.83. The Morgan fingerprint density at radius 3 is 2.87 bits per heavy atom. The highest BCUT2D eigenvalue weighted by Gasteiger charge is 2.31. The molecular formula is C21H21FN6O2. The highest BCUT2D eigenvalue weighted by atomic mass is 19.1. The number of rotatable bonds is 3. The number of imidazole rings is 1. The number of ether oxygens (including phenoxy) is 1. The van der Waals surface area contributed by atoms with E-state index in [2.05, 4.69) is 26.9 Å². The minimum atomic E-state index is -0.313. The molecule has 2 atom stereocenters. The third-order valence-corrected chi connectivity index (χ3v) is 5.90. The van der Waals surface area contributed by atoms with Crippen LogP contribution in [-0.2, 0) is 4.74 Å². The lowest BCUT2D eigenvalue weighted by molar-refractivity contribution is 0.0342. The standard InChI is InChI=1S/C21H21FN6O2/c1-11-9-29-12(2)8-27(11)19-16-14(22)4-3-5-15(16)28-10-23-17(20(28)25-19)21-24-18(26-30-21)13-6-7-13/h3-5,10-13H,6-9H2,1-2H3/t11-,12+/m1/s1. The Hall–Kier alpha value is -3.07.